The summed E-state index contributed by atoms with van der Waals surface area (Å²) in [6, 6.07) is 14.1. The van der Waals surface area contributed by atoms with Gasteiger partial charge in [0.25, 0.3) is 0 Å². The Kier molecular flexibility index (Phi) is 4.92. The molecule has 7 heteroatoms. The van der Waals surface area contributed by atoms with Crippen molar-refractivity contribution in [2.24, 2.45) is 0 Å². The van der Waals surface area contributed by atoms with Gasteiger partial charge in [0.05, 0.1) is 18.0 Å². The van der Waals surface area contributed by atoms with E-state index in [4.69, 9.17) is 4.74 Å². The highest BCUT2D eigenvalue weighted by atomic mass is 32.2. The maximum atomic E-state index is 14.4. The van der Waals surface area contributed by atoms with Crippen molar-refractivity contribution in [1.82, 2.24) is 14.4 Å². The third kappa shape index (κ3) is 3.29. The molecule has 142 valence electrons. The van der Waals surface area contributed by atoms with E-state index in [2.05, 4.69) is 9.97 Å². The van der Waals surface area contributed by atoms with Crippen LogP contribution in [0.4, 0.5) is 4.39 Å². The molecule has 0 aliphatic rings. The van der Waals surface area contributed by atoms with Gasteiger partial charge < -0.3 is 4.74 Å². The molecule has 0 saturated heterocycles. The monoisotopic (exact) mass is 395 g/mol. The quantitative estimate of drug-likeness (QED) is 0.504. The van der Waals surface area contributed by atoms with Crippen LogP contribution in [0.15, 0.2) is 65.8 Å². The van der Waals surface area contributed by atoms with Crippen LogP contribution >= 0.6 is 0 Å². The molecule has 0 saturated carbocycles. The smallest absolute Gasteiger partial charge is 0.234 e. The first-order chi connectivity index (χ1) is 13.6. The Balaban J connectivity index is 1.91. The summed E-state index contributed by atoms with van der Waals surface area (Å²) >= 11 is 0. The van der Waals surface area contributed by atoms with Crippen LogP contribution in [0.2, 0.25) is 0 Å². The van der Waals surface area contributed by atoms with Crippen LogP contribution in [0.3, 0.4) is 0 Å². The van der Waals surface area contributed by atoms with Crippen LogP contribution in [-0.4, -0.2) is 31.4 Å². The maximum Gasteiger partial charge on any atom is 0.234 e. The van der Waals surface area contributed by atoms with Gasteiger partial charge in [0, 0.05) is 45.5 Å². The van der Waals surface area contributed by atoms with Gasteiger partial charge in [0.15, 0.2) is 11.6 Å². The Morgan fingerprint density at radius 1 is 1.14 bits per heavy atom. The van der Waals surface area contributed by atoms with Gasteiger partial charge in [-0.05, 0) is 43.3 Å². The Morgan fingerprint density at radius 2 is 1.89 bits per heavy atom. The second-order valence-corrected chi connectivity index (χ2v) is 7.54. The van der Waals surface area contributed by atoms with Crippen molar-refractivity contribution in [1.29, 1.82) is 0 Å². The predicted molar refractivity (Wildman–Crippen MR) is 107 cm³/mol. The first kappa shape index (κ1) is 18.3. The lowest BCUT2D eigenvalue weighted by Crippen LogP contribution is -1.95. The van der Waals surface area contributed by atoms with E-state index in [-0.39, 0.29) is 5.75 Å². The lowest BCUT2D eigenvalue weighted by atomic mass is 10.0. The van der Waals surface area contributed by atoms with Crippen molar-refractivity contribution in [2.45, 2.75) is 11.8 Å². The molecule has 0 bridgehead atoms. The molecule has 28 heavy (non-hydrogen) atoms. The van der Waals surface area contributed by atoms with Crippen LogP contribution in [0.1, 0.15) is 6.92 Å². The molecule has 0 spiro atoms. The van der Waals surface area contributed by atoms with Gasteiger partial charge in [-0.15, -0.1) is 0 Å². The van der Waals surface area contributed by atoms with Crippen molar-refractivity contribution < 1.29 is 13.3 Å². The van der Waals surface area contributed by atoms with E-state index >= 15 is 0 Å². The van der Waals surface area contributed by atoms with E-state index in [1.807, 2.05) is 47.9 Å². The summed E-state index contributed by atoms with van der Waals surface area (Å²) in [6.07, 6.45) is 5.17. The van der Waals surface area contributed by atoms with Crippen LogP contribution in [0, 0.1) is 5.82 Å². The Labute approximate surface area is 164 Å². The summed E-state index contributed by atoms with van der Waals surface area (Å²) in [4.78, 5) is 9.67. The van der Waals surface area contributed by atoms with E-state index in [0.29, 0.717) is 23.6 Å². The van der Waals surface area contributed by atoms with Gasteiger partial charge in [-0.3, -0.25) is 8.61 Å². The highest BCUT2D eigenvalue weighted by Gasteiger charge is 2.18. The van der Waals surface area contributed by atoms with E-state index in [1.54, 1.807) is 24.6 Å². The summed E-state index contributed by atoms with van der Waals surface area (Å²) in [6.45, 7) is 2.21. The molecule has 0 aliphatic carbocycles. The molecular weight excluding hydrogens is 377 g/mol. The third-order valence-electron chi connectivity index (χ3n) is 4.37. The molecule has 0 amide bonds. The molecule has 2 aromatic heterocycles. The standard InChI is InChI=1S/C21H18FN3O2S/c1-3-27-18-10-7-15(13-17(18)22)19-20(25-12-4-11-23-21(25)24-19)14-5-8-16(9-6-14)28(2)26/h4-13H,3H2,1-2H3. The Hall–Kier alpha value is -3.06. The number of hydrogen-bond acceptors (Lipinski definition) is 4. The molecular formula is C21H18FN3O2S. The minimum atomic E-state index is -1.06. The summed E-state index contributed by atoms with van der Waals surface area (Å²) in [5.74, 6) is 0.293. The van der Waals surface area contributed by atoms with E-state index in [0.717, 1.165) is 16.2 Å². The fourth-order valence-electron chi connectivity index (χ4n) is 3.09. The van der Waals surface area contributed by atoms with Gasteiger partial charge in [0.1, 0.15) is 0 Å². The molecule has 0 radical (unpaired) electrons. The van der Waals surface area contributed by atoms with Crippen molar-refractivity contribution in [3.8, 4) is 28.3 Å². The minimum Gasteiger partial charge on any atom is -0.491 e. The number of rotatable bonds is 5. The normalized spacial score (nSPS) is 12.2. The number of fused-ring (bicyclic) bond motifs is 1. The lowest BCUT2D eigenvalue weighted by Gasteiger charge is -2.08. The fraction of sp³-hybridized carbons (Fsp3) is 0.143. The number of imidazole rings is 1. The van der Waals surface area contributed by atoms with Crippen LogP contribution in [0.5, 0.6) is 5.75 Å². The minimum absolute atomic E-state index is 0.212. The number of hydrogen-bond donors (Lipinski definition) is 0. The number of benzene rings is 2. The fourth-order valence-corrected chi connectivity index (χ4v) is 3.61. The molecule has 4 rings (SSSR count). The topological polar surface area (TPSA) is 56.5 Å². The number of nitrogens with zero attached hydrogens (tertiary/aromatic N) is 3. The molecule has 1 atom stereocenters. The summed E-state index contributed by atoms with van der Waals surface area (Å²) in [5.41, 5.74) is 2.91. The zero-order valence-corrected chi connectivity index (χ0v) is 16.2. The van der Waals surface area contributed by atoms with Crippen molar-refractivity contribution in [2.75, 3.05) is 12.9 Å². The SMILES string of the molecule is CCOc1ccc(-c2nc3ncccn3c2-c2ccc(S(C)=O)cc2)cc1F. The van der Waals surface area contributed by atoms with Gasteiger partial charge in [-0.25, -0.2) is 14.4 Å². The summed E-state index contributed by atoms with van der Waals surface area (Å²) < 4.78 is 33.3. The highest BCUT2D eigenvalue weighted by Crippen LogP contribution is 2.34. The van der Waals surface area contributed by atoms with Crippen LogP contribution in [0.25, 0.3) is 28.3 Å². The van der Waals surface area contributed by atoms with Crippen LogP contribution < -0.4 is 4.74 Å². The third-order valence-corrected chi connectivity index (χ3v) is 5.30. The van der Waals surface area contributed by atoms with Gasteiger partial charge in [-0.1, -0.05) is 12.1 Å². The Morgan fingerprint density at radius 3 is 2.57 bits per heavy atom. The second kappa shape index (κ2) is 7.52. The zero-order chi connectivity index (χ0) is 19.7. The largest absolute Gasteiger partial charge is 0.491 e. The lowest BCUT2D eigenvalue weighted by molar-refractivity contribution is 0.321. The predicted octanol–water partition coefficient (Wildman–Crippen LogP) is 4.34. The number of halogens is 1. The van der Waals surface area contributed by atoms with E-state index < -0.39 is 16.6 Å². The molecule has 0 fully saturated rings. The first-order valence-corrected chi connectivity index (χ1v) is 10.3. The molecule has 1 unspecified atom stereocenters. The van der Waals surface area contributed by atoms with Gasteiger partial charge in [0.2, 0.25) is 5.78 Å². The first-order valence-electron chi connectivity index (χ1n) is 8.78. The number of aromatic nitrogens is 3. The molecule has 2 aromatic carbocycles. The molecule has 0 N–H and O–H groups in total. The molecule has 0 aliphatic heterocycles. The maximum absolute atomic E-state index is 14.4. The summed E-state index contributed by atoms with van der Waals surface area (Å²) in [5, 5.41) is 0. The number of ether oxygens (including phenoxy) is 1. The van der Waals surface area contributed by atoms with Crippen molar-refractivity contribution in [3.05, 3.63) is 66.7 Å². The van der Waals surface area contributed by atoms with Gasteiger partial charge >= 0.3 is 0 Å². The van der Waals surface area contributed by atoms with Gasteiger partial charge in [-0.2, -0.15) is 0 Å². The zero-order valence-electron chi connectivity index (χ0n) is 15.4. The van der Waals surface area contributed by atoms with E-state index in [1.165, 1.54) is 6.07 Å². The van der Waals surface area contributed by atoms with E-state index in [9.17, 15) is 8.60 Å². The Bertz CT molecular complexity index is 1170. The average molecular weight is 395 g/mol. The van der Waals surface area contributed by atoms with Crippen LogP contribution in [-0.2, 0) is 10.8 Å². The average Bonchev–Trinajstić information content (AvgIpc) is 3.09. The molecule has 2 heterocycles. The second-order valence-electron chi connectivity index (χ2n) is 6.16. The van der Waals surface area contributed by atoms with Crippen molar-refractivity contribution in [3.63, 3.8) is 0 Å². The summed E-state index contributed by atoms with van der Waals surface area (Å²) in [7, 11) is -1.06. The molecule has 4 aromatic rings. The molecule has 5 nitrogen and oxygen atoms in total. The highest BCUT2D eigenvalue weighted by molar-refractivity contribution is 7.84. The van der Waals surface area contributed by atoms with Crippen molar-refractivity contribution >= 4 is 16.6 Å².